The van der Waals surface area contributed by atoms with Crippen molar-refractivity contribution in [3.63, 3.8) is 0 Å². The van der Waals surface area contributed by atoms with E-state index in [2.05, 4.69) is 26.6 Å². The Bertz CT molecular complexity index is 1540. The third-order valence-electron chi connectivity index (χ3n) is 8.85. The maximum absolute atomic E-state index is 14.0. The van der Waals surface area contributed by atoms with Crippen molar-refractivity contribution >= 4 is 65.0 Å². The van der Waals surface area contributed by atoms with Crippen molar-refractivity contribution < 1.29 is 68.1 Å². The fourth-order valence-corrected chi connectivity index (χ4v) is 5.90. The third-order valence-corrected chi connectivity index (χ3v) is 8.85. The van der Waals surface area contributed by atoms with E-state index in [0.717, 1.165) is 11.8 Å². The molecule has 1 fully saturated rings. The molecule has 11 N–H and O–H groups in total. The smallest absolute Gasteiger partial charge is 0.322 e. The summed E-state index contributed by atoms with van der Waals surface area (Å²) < 4.78 is 0. The lowest BCUT2D eigenvalue weighted by Crippen LogP contribution is -2.61. The molecule has 0 aromatic heterocycles. The molecule has 0 unspecified atom stereocenters. The highest BCUT2D eigenvalue weighted by Crippen LogP contribution is 2.21. The second-order valence-corrected chi connectivity index (χ2v) is 14.4. The van der Waals surface area contributed by atoms with E-state index in [1.165, 1.54) is 0 Å². The van der Waals surface area contributed by atoms with Crippen molar-refractivity contribution in [2.45, 2.75) is 129 Å². The van der Waals surface area contributed by atoms with Gasteiger partial charge in [0.25, 0.3) is 5.91 Å². The number of hydrogen-bond donors (Lipinski definition) is 10. The van der Waals surface area contributed by atoms with Crippen LogP contribution in [0.3, 0.4) is 0 Å². The first-order valence-electron chi connectivity index (χ1n) is 18.5. The number of likely N-dealkylation sites (tertiary alicyclic amines) is 1. The van der Waals surface area contributed by atoms with Crippen LogP contribution in [0.5, 0.6) is 0 Å². The topological polar surface area (TPSA) is 350 Å². The summed E-state index contributed by atoms with van der Waals surface area (Å²) in [5.74, 6) is -12.5. The summed E-state index contributed by atoms with van der Waals surface area (Å²) in [4.78, 5) is 139. The van der Waals surface area contributed by atoms with E-state index in [9.17, 15) is 57.8 Å². The van der Waals surface area contributed by atoms with Crippen LogP contribution in [0.4, 0.5) is 0 Å². The predicted octanol–water partition coefficient (Wildman–Crippen LogP) is -3.03. The van der Waals surface area contributed by atoms with Crippen LogP contribution in [0, 0.1) is 11.8 Å². The SMILES string of the molecule is CCC[C@H](NC(=O)[C@@H]1C[C@@H](N)CN1C(=O)[C@@H](NC(=O)[C@@H](NC(=O)[C@H](CCC(=O)O)NC(=O)[C@H](CCC(=O)O)NC(C)=O)C(C)C)C(C)C)C(=O)C(=O)NCC(=O)O. The molecule has 1 saturated heterocycles. The number of amides is 7. The molecule has 7 amide bonds. The highest BCUT2D eigenvalue weighted by molar-refractivity contribution is 6.38. The molecule has 22 nitrogen and oxygen atoms in total. The van der Waals surface area contributed by atoms with Gasteiger partial charge in [0.1, 0.15) is 36.8 Å². The zero-order chi connectivity index (χ0) is 43.7. The Hall–Kier alpha value is -5.67. The largest absolute Gasteiger partial charge is 0.481 e. The number of nitrogens with two attached hydrogens (primary N) is 1. The number of carbonyl (C=O) groups excluding carboxylic acids is 8. The number of Topliss-reactive ketones (excluding diaryl/α,β-unsaturated/α-hetero) is 1. The second kappa shape index (κ2) is 23.4. The lowest BCUT2D eigenvalue weighted by molar-refractivity contribution is -0.145. The molecule has 320 valence electrons. The van der Waals surface area contributed by atoms with Crippen LogP contribution in [0.2, 0.25) is 0 Å². The lowest BCUT2D eigenvalue weighted by atomic mass is 9.98. The average Bonchev–Trinajstić information content (AvgIpc) is 3.51. The number of carbonyl (C=O) groups is 11. The monoisotopic (exact) mass is 812 g/mol. The van der Waals surface area contributed by atoms with Gasteiger partial charge < -0.3 is 57.9 Å². The molecule has 1 aliphatic rings. The summed E-state index contributed by atoms with van der Waals surface area (Å²) in [7, 11) is 0. The van der Waals surface area contributed by atoms with E-state index < -0.39 is 145 Å². The van der Waals surface area contributed by atoms with Gasteiger partial charge in [-0.15, -0.1) is 0 Å². The van der Waals surface area contributed by atoms with Crippen molar-refractivity contribution in [3.8, 4) is 0 Å². The van der Waals surface area contributed by atoms with Gasteiger partial charge in [-0.25, -0.2) is 0 Å². The molecule has 22 heteroatoms. The average molecular weight is 813 g/mol. The van der Waals surface area contributed by atoms with Crippen molar-refractivity contribution in [1.29, 1.82) is 0 Å². The van der Waals surface area contributed by atoms with Crippen molar-refractivity contribution in [2.24, 2.45) is 17.6 Å². The number of nitrogens with zero attached hydrogens (tertiary/aromatic N) is 1. The van der Waals surface area contributed by atoms with Crippen molar-refractivity contribution in [1.82, 2.24) is 36.8 Å². The first-order valence-corrected chi connectivity index (χ1v) is 18.5. The second-order valence-electron chi connectivity index (χ2n) is 14.4. The highest BCUT2D eigenvalue weighted by atomic mass is 16.4. The van der Waals surface area contributed by atoms with E-state index in [4.69, 9.17) is 15.9 Å². The molecule has 1 rings (SSSR count). The Morgan fingerprint density at radius 3 is 1.65 bits per heavy atom. The van der Waals surface area contributed by atoms with Crippen LogP contribution in [0.1, 0.15) is 86.5 Å². The number of ketones is 1. The Balaban J connectivity index is 3.28. The highest BCUT2D eigenvalue weighted by Gasteiger charge is 2.43. The molecule has 0 aromatic rings. The molecule has 0 spiro atoms. The predicted molar refractivity (Wildman–Crippen MR) is 197 cm³/mol. The number of carboxylic acid groups (broad SMARTS) is 3. The maximum atomic E-state index is 14.0. The van der Waals surface area contributed by atoms with Gasteiger partial charge in [0.15, 0.2) is 0 Å². The maximum Gasteiger partial charge on any atom is 0.322 e. The summed E-state index contributed by atoms with van der Waals surface area (Å²) in [6, 6.07) is -8.84. The number of nitrogens with one attached hydrogen (secondary N) is 6. The van der Waals surface area contributed by atoms with E-state index in [-0.39, 0.29) is 25.8 Å². The third kappa shape index (κ3) is 16.5. The minimum Gasteiger partial charge on any atom is -0.481 e. The molecule has 0 aliphatic carbocycles. The van der Waals surface area contributed by atoms with E-state index in [0.29, 0.717) is 6.42 Å². The molecule has 1 aliphatic heterocycles. The fraction of sp³-hybridized carbons (Fsp3) is 0.686. The minimum absolute atomic E-state index is 0.0201. The van der Waals surface area contributed by atoms with E-state index in [1.54, 1.807) is 34.6 Å². The first kappa shape index (κ1) is 49.3. The van der Waals surface area contributed by atoms with Crippen LogP contribution in [-0.4, -0.2) is 141 Å². The molecule has 7 atom stereocenters. The van der Waals surface area contributed by atoms with Crippen molar-refractivity contribution in [2.75, 3.05) is 13.1 Å². The summed E-state index contributed by atoms with van der Waals surface area (Å²) in [5.41, 5.74) is 6.15. The molecule has 57 heavy (non-hydrogen) atoms. The fourth-order valence-electron chi connectivity index (χ4n) is 5.90. The molecule has 1 heterocycles. The van der Waals surface area contributed by atoms with Gasteiger partial charge >= 0.3 is 17.9 Å². The molecule has 0 aromatic carbocycles. The van der Waals surface area contributed by atoms with Crippen LogP contribution >= 0.6 is 0 Å². The lowest BCUT2D eigenvalue weighted by Gasteiger charge is -2.33. The quantitative estimate of drug-likeness (QED) is 0.0434. The molecule has 0 saturated carbocycles. The van der Waals surface area contributed by atoms with E-state index in [1.807, 2.05) is 5.32 Å². The Morgan fingerprint density at radius 1 is 0.667 bits per heavy atom. The summed E-state index contributed by atoms with van der Waals surface area (Å²) in [6.45, 7) is 8.18. The van der Waals surface area contributed by atoms with Crippen molar-refractivity contribution in [3.05, 3.63) is 0 Å². The van der Waals surface area contributed by atoms with Gasteiger partial charge in [0.2, 0.25) is 41.2 Å². The Labute approximate surface area is 329 Å². The van der Waals surface area contributed by atoms with E-state index >= 15 is 0 Å². The van der Waals surface area contributed by atoms with Gasteiger partial charge in [-0.05, 0) is 37.5 Å². The van der Waals surface area contributed by atoms with Crippen LogP contribution in [0.25, 0.3) is 0 Å². The normalized spacial score (nSPS) is 17.6. The molecular formula is C35H56N8O14. The van der Waals surface area contributed by atoms with Crippen LogP contribution < -0.4 is 37.6 Å². The van der Waals surface area contributed by atoms with Crippen LogP contribution in [0.15, 0.2) is 0 Å². The van der Waals surface area contributed by atoms with Gasteiger partial charge in [-0.3, -0.25) is 52.7 Å². The number of rotatable bonds is 24. The summed E-state index contributed by atoms with van der Waals surface area (Å²) in [6.07, 6.45) is -1.58. The molecular weight excluding hydrogens is 756 g/mol. The summed E-state index contributed by atoms with van der Waals surface area (Å²) >= 11 is 0. The zero-order valence-corrected chi connectivity index (χ0v) is 32.9. The standard InChI is InChI=1S/C35H56N8O14/c1-7-8-20(29(51)34(56)37-14-26(49)50)39-32(54)23-13-19(36)15-43(23)35(57)28(17(4)5)42-33(55)27(16(2)3)41-31(53)22(10-12-25(47)48)40-30(52)21(38-18(6)44)9-11-24(45)46/h16-17,19-23,27-28H,7-15,36H2,1-6H3,(H,37,56)(H,38,44)(H,39,54)(H,40,52)(H,41,53)(H,42,55)(H,45,46)(H,47,48)(H,49,50)/t19-,20+,21+,22+,23+,27+,28+/m1/s1. The Morgan fingerprint density at radius 2 is 1.18 bits per heavy atom. The van der Waals surface area contributed by atoms with Gasteiger partial charge in [-0.2, -0.15) is 0 Å². The Kier molecular flexibility index (Phi) is 20.3. The minimum atomic E-state index is -1.55. The van der Waals surface area contributed by atoms with Gasteiger partial charge in [0.05, 0.1) is 6.04 Å². The first-order chi connectivity index (χ1) is 26.5. The molecule has 0 bridgehead atoms. The molecule has 0 radical (unpaired) electrons. The number of hydrogen-bond acceptors (Lipinski definition) is 12. The summed E-state index contributed by atoms with van der Waals surface area (Å²) in [5, 5.41) is 41.3. The number of aliphatic carboxylic acids is 3. The zero-order valence-electron chi connectivity index (χ0n) is 32.9. The van der Waals surface area contributed by atoms with Gasteiger partial charge in [-0.1, -0.05) is 41.0 Å². The number of carboxylic acids is 3. The van der Waals surface area contributed by atoms with Gasteiger partial charge in [0, 0.05) is 32.4 Å². The van der Waals surface area contributed by atoms with Crippen LogP contribution in [-0.2, 0) is 52.7 Å².